The predicted molar refractivity (Wildman–Crippen MR) is 86.7 cm³/mol. The average Bonchev–Trinajstić information content (AvgIpc) is 2.42. The fourth-order valence-corrected chi connectivity index (χ4v) is 2.54. The summed E-state index contributed by atoms with van der Waals surface area (Å²) in [6.45, 7) is 6.47. The molecule has 0 heterocycles. The van der Waals surface area contributed by atoms with Crippen molar-refractivity contribution < 1.29 is 0 Å². The Morgan fingerprint density at radius 1 is 1.05 bits per heavy atom. The molecule has 0 amide bonds. The van der Waals surface area contributed by atoms with E-state index in [1.807, 2.05) is 0 Å². The molecule has 1 nitrogen and oxygen atoms in total. The van der Waals surface area contributed by atoms with Crippen molar-refractivity contribution in [3.8, 4) is 0 Å². The van der Waals surface area contributed by atoms with Crippen molar-refractivity contribution in [3.05, 3.63) is 63.6 Å². The molecule has 19 heavy (non-hydrogen) atoms. The third kappa shape index (κ3) is 3.38. The number of nitrogens with one attached hydrogen (secondary N) is 1. The van der Waals surface area contributed by atoms with Crippen LogP contribution in [-0.2, 0) is 0 Å². The van der Waals surface area contributed by atoms with E-state index in [-0.39, 0.29) is 0 Å². The van der Waals surface area contributed by atoms with Gasteiger partial charge < -0.3 is 5.32 Å². The third-order valence-corrected chi connectivity index (χ3v) is 4.34. The molecule has 0 aliphatic carbocycles. The molecule has 0 bridgehead atoms. The normalized spacial score (nSPS) is 12.2. The molecular formula is C17H20BrN. The van der Waals surface area contributed by atoms with E-state index in [2.05, 4.69) is 84.5 Å². The molecule has 0 radical (unpaired) electrons. The van der Waals surface area contributed by atoms with Crippen LogP contribution in [0.25, 0.3) is 0 Å². The molecule has 1 atom stereocenters. The summed E-state index contributed by atoms with van der Waals surface area (Å²) in [5.41, 5.74) is 5.10. The lowest BCUT2D eigenvalue weighted by Gasteiger charge is -2.21. The SMILES string of the molecule is CCC(Nc1cccc(Br)c1C)c1ccc(C)cc1. The number of anilines is 1. The Labute approximate surface area is 124 Å². The van der Waals surface area contributed by atoms with Crippen LogP contribution in [0.4, 0.5) is 5.69 Å². The second-order valence-corrected chi connectivity index (χ2v) is 5.78. The maximum Gasteiger partial charge on any atom is 0.0511 e. The summed E-state index contributed by atoms with van der Waals surface area (Å²) in [7, 11) is 0. The molecule has 0 aliphatic rings. The van der Waals surface area contributed by atoms with Gasteiger partial charge in [0.05, 0.1) is 6.04 Å². The fraction of sp³-hybridized carbons (Fsp3) is 0.294. The Morgan fingerprint density at radius 3 is 2.37 bits per heavy atom. The van der Waals surface area contributed by atoms with Gasteiger partial charge in [-0.15, -0.1) is 0 Å². The number of hydrogen-bond donors (Lipinski definition) is 1. The number of hydrogen-bond acceptors (Lipinski definition) is 1. The summed E-state index contributed by atoms with van der Waals surface area (Å²) in [6, 6.07) is 15.4. The van der Waals surface area contributed by atoms with E-state index in [1.54, 1.807) is 0 Å². The summed E-state index contributed by atoms with van der Waals surface area (Å²) in [5, 5.41) is 3.64. The molecule has 1 unspecified atom stereocenters. The molecular weight excluding hydrogens is 298 g/mol. The Balaban J connectivity index is 2.24. The Hall–Kier alpha value is -1.28. The van der Waals surface area contributed by atoms with Gasteiger partial charge in [0.1, 0.15) is 0 Å². The summed E-state index contributed by atoms with van der Waals surface area (Å²) in [6.07, 6.45) is 1.06. The molecule has 2 rings (SSSR count). The Bertz CT molecular complexity index is 546. The van der Waals surface area contributed by atoms with Gasteiger partial charge in [0, 0.05) is 10.2 Å². The predicted octanol–water partition coefficient (Wildman–Crippen LogP) is 5.63. The van der Waals surface area contributed by atoms with Gasteiger partial charge >= 0.3 is 0 Å². The number of rotatable bonds is 4. The maximum atomic E-state index is 3.64. The molecule has 1 N–H and O–H groups in total. The van der Waals surface area contributed by atoms with Crippen molar-refractivity contribution in [1.82, 2.24) is 0 Å². The Kier molecular flexibility index (Phi) is 4.65. The summed E-state index contributed by atoms with van der Waals surface area (Å²) < 4.78 is 1.15. The van der Waals surface area contributed by atoms with Crippen LogP contribution in [0.15, 0.2) is 46.9 Å². The van der Waals surface area contributed by atoms with E-state index >= 15 is 0 Å². The molecule has 0 aliphatic heterocycles. The van der Waals surface area contributed by atoms with Gasteiger partial charge in [-0.05, 0) is 43.5 Å². The zero-order chi connectivity index (χ0) is 13.8. The van der Waals surface area contributed by atoms with Crippen LogP contribution in [0, 0.1) is 13.8 Å². The van der Waals surface area contributed by atoms with E-state index in [4.69, 9.17) is 0 Å². The van der Waals surface area contributed by atoms with Crippen molar-refractivity contribution in [1.29, 1.82) is 0 Å². The van der Waals surface area contributed by atoms with E-state index in [1.165, 1.54) is 22.4 Å². The lowest BCUT2D eigenvalue weighted by Crippen LogP contribution is -2.10. The molecule has 0 aromatic heterocycles. The van der Waals surface area contributed by atoms with Gasteiger partial charge in [-0.25, -0.2) is 0 Å². The second kappa shape index (κ2) is 6.25. The lowest BCUT2D eigenvalue weighted by atomic mass is 10.0. The minimum Gasteiger partial charge on any atom is -0.378 e. The maximum absolute atomic E-state index is 3.64. The molecule has 2 aromatic rings. The van der Waals surface area contributed by atoms with E-state index < -0.39 is 0 Å². The molecule has 0 saturated carbocycles. The topological polar surface area (TPSA) is 12.0 Å². The van der Waals surface area contributed by atoms with Gasteiger partial charge in [0.15, 0.2) is 0 Å². The number of benzene rings is 2. The highest BCUT2D eigenvalue weighted by Crippen LogP contribution is 2.28. The van der Waals surface area contributed by atoms with Crippen LogP contribution in [0.3, 0.4) is 0 Å². The molecule has 0 saturated heterocycles. The second-order valence-electron chi connectivity index (χ2n) is 4.93. The van der Waals surface area contributed by atoms with Gasteiger partial charge in [-0.3, -0.25) is 0 Å². The van der Waals surface area contributed by atoms with Crippen molar-refractivity contribution in [3.63, 3.8) is 0 Å². The summed E-state index contributed by atoms with van der Waals surface area (Å²) in [4.78, 5) is 0. The zero-order valence-electron chi connectivity index (χ0n) is 11.7. The van der Waals surface area contributed by atoms with Crippen molar-refractivity contribution in [2.45, 2.75) is 33.2 Å². The first-order valence-electron chi connectivity index (χ1n) is 6.70. The minimum atomic E-state index is 0.355. The zero-order valence-corrected chi connectivity index (χ0v) is 13.3. The smallest absolute Gasteiger partial charge is 0.0511 e. The largest absolute Gasteiger partial charge is 0.378 e. The van der Waals surface area contributed by atoms with Gasteiger partial charge in [-0.1, -0.05) is 58.7 Å². The van der Waals surface area contributed by atoms with Crippen LogP contribution in [0.5, 0.6) is 0 Å². The molecule has 2 heteroatoms. The third-order valence-electron chi connectivity index (χ3n) is 3.49. The average molecular weight is 318 g/mol. The highest BCUT2D eigenvalue weighted by Gasteiger charge is 2.10. The van der Waals surface area contributed by atoms with Crippen LogP contribution >= 0.6 is 15.9 Å². The van der Waals surface area contributed by atoms with Crippen LogP contribution < -0.4 is 5.32 Å². The van der Waals surface area contributed by atoms with Gasteiger partial charge in [0.2, 0.25) is 0 Å². The van der Waals surface area contributed by atoms with E-state index in [9.17, 15) is 0 Å². The molecule has 100 valence electrons. The number of aryl methyl sites for hydroxylation is 1. The van der Waals surface area contributed by atoms with Gasteiger partial charge in [-0.2, -0.15) is 0 Å². The first kappa shape index (κ1) is 14.1. The highest BCUT2D eigenvalue weighted by molar-refractivity contribution is 9.10. The van der Waals surface area contributed by atoms with Crippen molar-refractivity contribution >= 4 is 21.6 Å². The van der Waals surface area contributed by atoms with Crippen molar-refractivity contribution in [2.24, 2.45) is 0 Å². The molecule has 0 fully saturated rings. The molecule has 0 spiro atoms. The summed E-state index contributed by atoms with van der Waals surface area (Å²) >= 11 is 3.58. The lowest BCUT2D eigenvalue weighted by molar-refractivity contribution is 0.748. The fourth-order valence-electron chi connectivity index (χ4n) is 2.17. The summed E-state index contributed by atoms with van der Waals surface area (Å²) in [5.74, 6) is 0. The molecule has 2 aromatic carbocycles. The monoisotopic (exact) mass is 317 g/mol. The van der Waals surface area contributed by atoms with Crippen LogP contribution in [0.2, 0.25) is 0 Å². The van der Waals surface area contributed by atoms with Crippen LogP contribution in [-0.4, -0.2) is 0 Å². The quantitative estimate of drug-likeness (QED) is 0.770. The standard InChI is InChI=1S/C17H20BrN/c1-4-16(14-10-8-12(2)9-11-14)19-17-7-5-6-15(18)13(17)3/h5-11,16,19H,4H2,1-3H3. The minimum absolute atomic E-state index is 0.355. The van der Waals surface area contributed by atoms with Crippen LogP contribution in [0.1, 0.15) is 36.1 Å². The van der Waals surface area contributed by atoms with Gasteiger partial charge in [0.25, 0.3) is 0 Å². The van der Waals surface area contributed by atoms with Crippen molar-refractivity contribution in [2.75, 3.05) is 5.32 Å². The first-order chi connectivity index (χ1) is 9.11. The first-order valence-corrected chi connectivity index (χ1v) is 7.49. The van der Waals surface area contributed by atoms with E-state index in [0.29, 0.717) is 6.04 Å². The number of halogens is 1. The van der Waals surface area contributed by atoms with E-state index in [0.717, 1.165) is 10.9 Å². The highest BCUT2D eigenvalue weighted by atomic mass is 79.9. The Morgan fingerprint density at radius 2 is 1.74 bits per heavy atom.